The molecule has 1 aliphatic rings. The Morgan fingerprint density at radius 2 is 2.16 bits per heavy atom. The molecule has 0 aromatic heterocycles. The zero-order valence-corrected chi connectivity index (χ0v) is 10.8. The first kappa shape index (κ1) is 13.8. The van der Waals surface area contributed by atoms with Crippen LogP contribution in [0.1, 0.15) is 0 Å². The van der Waals surface area contributed by atoms with E-state index in [2.05, 4.69) is 5.32 Å². The molecule has 0 saturated carbocycles. The van der Waals surface area contributed by atoms with Gasteiger partial charge in [0.2, 0.25) is 11.8 Å². The van der Waals surface area contributed by atoms with Gasteiger partial charge in [-0.05, 0) is 18.2 Å². The van der Waals surface area contributed by atoms with Crippen LogP contribution in [0.25, 0.3) is 0 Å². The minimum atomic E-state index is -0.935. The quantitative estimate of drug-likeness (QED) is 0.844. The van der Waals surface area contributed by atoms with Crippen LogP contribution in [0.3, 0.4) is 0 Å². The number of thioether (sulfide) groups is 1. The number of amides is 2. The first-order valence-electron chi connectivity index (χ1n) is 5.68. The molecule has 1 heterocycles. The van der Waals surface area contributed by atoms with Crippen LogP contribution in [-0.2, 0) is 9.59 Å². The highest BCUT2D eigenvalue weighted by Gasteiger charge is 2.20. The second-order valence-corrected chi connectivity index (χ2v) is 5.08. The standard InChI is InChI=1S/C12H12F2N2O2S/c13-9-2-1-8(5-10(9)14)19-7-12(18)16-4-3-15-11(17)6-16/h1-2,5H,3-4,6-7H2,(H,15,17). The van der Waals surface area contributed by atoms with Crippen LogP contribution in [0, 0.1) is 11.6 Å². The maximum Gasteiger partial charge on any atom is 0.239 e. The van der Waals surface area contributed by atoms with E-state index in [1.54, 1.807) is 0 Å². The average Bonchev–Trinajstić information content (AvgIpc) is 2.40. The van der Waals surface area contributed by atoms with E-state index in [0.717, 1.165) is 23.9 Å². The van der Waals surface area contributed by atoms with Crippen LogP contribution < -0.4 is 5.32 Å². The number of benzene rings is 1. The third-order valence-corrected chi connectivity index (χ3v) is 3.62. The summed E-state index contributed by atoms with van der Waals surface area (Å²) in [5, 5.41) is 2.62. The van der Waals surface area contributed by atoms with Crippen molar-refractivity contribution in [1.29, 1.82) is 0 Å². The molecular formula is C12H12F2N2O2S. The van der Waals surface area contributed by atoms with E-state index in [1.165, 1.54) is 11.0 Å². The van der Waals surface area contributed by atoms with Crippen LogP contribution in [-0.4, -0.2) is 42.1 Å². The van der Waals surface area contributed by atoms with Crippen molar-refractivity contribution < 1.29 is 18.4 Å². The van der Waals surface area contributed by atoms with Crippen molar-refractivity contribution in [2.45, 2.75) is 4.90 Å². The molecule has 1 saturated heterocycles. The van der Waals surface area contributed by atoms with Gasteiger partial charge in [-0.2, -0.15) is 0 Å². The number of nitrogens with one attached hydrogen (secondary N) is 1. The molecule has 1 aromatic carbocycles. The van der Waals surface area contributed by atoms with Gasteiger partial charge < -0.3 is 10.2 Å². The van der Waals surface area contributed by atoms with E-state index >= 15 is 0 Å². The lowest BCUT2D eigenvalue weighted by atomic mass is 10.3. The Hall–Kier alpha value is -1.63. The molecule has 0 atom stereocenters. The minimum Gasteiger partial charge on any atom is -0.353 e. The zero-order chi connectivity index (χ0) is 13.8. The Labute approximate surface area is 113 Å². The maximum absolute atomic E-state index is 13.0. The summed E-state index contributed by atoms with van der Waals surface area (Å²) >= 11 is 1.12. The van der Waals surface area contributed by atoms with Crippen LogP contribution >= 0.6 is 11.8 Å². The third-order valence-electron chi connectivity index (χ3n) is 2.64. The van der Waals surface area contributed by atoms with E-state index in [9.17, 15) is 18.4 Å². The summed E-state index contributed by atoms with van der Waals surface area (Å²) in [4.78, 5) is 24.9. The van der Waals surface area contributed by atoms with Crippen molar-refractivity contribution >= 4 is 23.6 Å². The SMILES string of the molecule is O=C1CN(C(=O)CSc2ccc(F)c(F)c2)CCN1. The summed E-state index contributed by atoms with van der Waals surface area (Å²) in [6.07, 6.45) is 0. The van der Waals surface area contributed by atoms with Crippen molar-refractivity contribution in [3.8, 4) is 0 Å². The van der Waals surface area contributed by atoms with Gasteiger partial charge in [0.05, 0.1) is 12.3 Å². The molecule has 19 heavy (non-hydrogen) atoms. The number of hydrogen-bond acceptors (Lipinski definition) is 3. The number of nitrogens with zero attached hydrogens (tertiary/aromatic N) is 1. The molecule has 0 spiro atoms. The average molecular weight is 286 g/mol. The van der Waals surface area contributed by atoms with Crippen LogP contribution in [0.2, 0.25) is 0 Å². The molecule has 1 N–H and O–H groups in total. The Kier molecular flexibility index (Phi) is 4.36. The fourth-order valence-corrected chi connectivity index (χ4v) is 2.48. The Morgan fingerprint density at radius 3 is 2.84 bits per heavy atom. The largest absolute Gasteiger partial charge is 0.353 e. The summed E-state index contributed by atoms with van der Waals surface area (Å²) < 4.78 is 25.7. The summed E-state index contributed by atoms with van der Waals surface area (Å²) in [6, 6.07) is 3.49. The Morgan fingerprint density at radius 1 is 1.37 bits per heavy atom. The van der Waals surface area contributed by atoms with Crippen molar-refractivity contribution in [2.24, 2.45) is 0 Å². The van der Waals surface area contributed by atoms with Gasteiger partial charge in [0.1, 0.15) is 0 Å². The molecule has 0 radical (unpaired) electrons. The third kappa shape index (κ3) is 3.66. The highest BCUT2D eigenvalue weighted by atomic mass is 32.2. The van der Waals surface area contributed by atoms with Crippen molar-refractivity contribution in [1.82, 2.24) is 10.2 Å². The lowest BCUT2D eigenvalue weighted by molar-refractivity contribution is -0.136. The molecule has 0 unspecified atom stereocenters. The predicted molar refractivity (Wildman–Crippen MR) is 66.7 cm³/mol. The number of piperazine rings is 1. The summed E-state index contributed by atoms with van der Waals surface area (Å²) in [6.45, 7) is 0.973. The minimum absolute atomic E-state index is 0.0528. The molecular weight excluding hydrogens is 274 g/mol. The molecule has 7 heteroatoms. The second kappa shape index (κ2) is 6.01. The molecule has 1 aliphatic heterocycles. The number of rotatable bonds is 3. The molecule has 4 nitrogen and oxygen atoms in total. The second-order valence-electron chi connectivity index (χ2n) is 4.03. The molecule has 1 aromatic rings. The molecule has 1 fully saturated rings. The van der Waals surface area contributed by atoms with E-state index in [-0.39, 0.29) is 24.1 Å². The van der Waals surface area contributed by atoms with Gasteiger partial charge in [-0.25, -0.2) is 8.78 Å². The smallest absolute Gasteiger partial charge is 0.239 e. The van der Waals surface area contributed by atoms with Gasteiger partial charge in [0.25, 0.3) is 0 Å². The summed E-state index contributed by atoms with van der Waals surface area (Å²) in [5.74, 6) is -2.13. The topological polar surface area (TPSA) is 49.4 Å². The van der Waals surface area contributed by atoms with E-state index in [1.807, 2.05) is 0 Å². The van der Waals surface area contributed by atoms with Crippen molar-refractivity contribution in [2.75, 3.05) is 25.4 Å². The van der Waals surface area contributed by atoms with Crippen LogP contribution in [0.15, 0.2) is 23.1 Å². The number of carbonyl (C=O) groups excluding carboxylic acids is 2. The van der Waals surface area contributed by atoms with Gasteiger partial charge in [-0.3, -0.25) is 9.59 Å². The van der Waals surface area contributed by atoms with Gasteiger partial charge in [-0.15, -0.1) is 11.8 Å². The predicted octanol–water partition coefficient (Wildman–Crippen LogP) is 1.02. The molecule has 2 rings (SSSR count). The first-order chi connectivity index (χ1) is 9.06. The monoisotopic (exact) mass is 286 g/mol. The van der Waals surface area contributed by atoms with Gasteiger partial charge in [0.15, 0.2) is 11.6 Å². The molecule has 2 amide bonds. The van der Waals surface area contributed by atoms with Crippen molar-refractivity contribution in [3.63, 3.8) is 0 Å². The van der Waals surface area contributed by atoms with Gasteiger partial charge in [-0.1, -0.05) is 0 Å². The first-order valence-corrected chi connectivity index (χ1v) is 6.67. The molecule has 0 bridgehead atoms. The lowest BCUT2D eigenvalue weighted by Crippen LogP contribution is -2.50. The summed E-state index contributed by atoms with van der Waals surface area (Å²) in [7, 11) is 0. The highest BCUT2D eigenvalue weighted by Crippen LogP contribution is 2.20. The fraction of sp³-hybridized carbons (Fsp3) is 0.333. The van der Waals surface area contributed by atoms with Gasteiger partial charge >= 0.3 is 0 Å². The van der Waals surface area contributed by atoms with E-state index < -0.39 is 11.6 Å². The summed E-state index contributed by atoms with van der Waals surface area (Å²) in [5.41, 5.74) is 0. The van der Waals surface area contributed by atoms with E-state index in [4.69, 9.17) is 0 Å². The number of carbonyl (C=O) groups is 2. The fourth-order valence-electron chi connectivity index (χ4n) is 1.65. The molecule has 102 valence electrons. The number of hydrogen-bond donors (Lipinski definition) is 1. The van der Waals surface area contributed by atoms with Crippen LogP contribution in [0.4, 0.5) is 8.78 Å². The lowest BCUT2D eigenvalue weighted by Gasteiger charge is -2.26. The highest BCUT2D eigenvalue weighted by molar-refractivity contribution is 8.00. The maximum atomic E-state index is 13.0. The zero-order valence-electron chi connectivity index (χ0n) is 9.99. The Balaban J connectivity index is 1.89. The van der Waals surface area contributed by atoms with Crippen LogP contribution in [0.5, 0.6) is 0 Å². The van der Waals surface area contributed by atoms with Gasteiger partial charge in [0, 0.05) is 18.0 Å². The Bertz CT molecular complexity index is 511. The molecule has 0 aliphatic carbocycles. The number of halogens is 2. The normalized spacial score (nSPS) is 15.3. The van der Waals surface area contributed by atoms with Crippen molar-refractivity contribution in [3.05, 3.63) is 29.8 Å². The van der Waals surface area contributed by atoms with E-state index in [0.29, 0.717) is 18.0 Å².